The van der Waals surface area contributed by atoms with E-state index in [1.807, 2.05) is 6.92 Å². The molecule has 102 valence electrons. The molecule has 1 rings (SSSR count). The Morgan fingerprint density at radius 1 is 1.39 bits per heavy atom. The molecule has 0 radical (unpaired) electrons. The van der Waals surface area contributed by atoms with Gasteiger partial charge in [0.1, 0.15) is 11.3 Å². The van der Waals surface area contributed by atoms with Gasteiger partial charge in [-0.3, -0.25) is 4.79 Å². The van der Waals surface area contributed by atoms with Gasteiger partial charge in [0.2, 0.25) is 0 Å². The third kappa shape index (κ3) is 4.21. The van der Waals surface area contributed by atoms with Crippen molar-refractivity contribution in [3.63, 3.8) is 0 Å². The highest BCUT2D eigenvalue weighted by Crippen LogP contribution is 2.20. The number of nitrogens with two attached hydrogens (primary N) is 1. The van der Waals surface area contributed by atoms with Crippen LogP contribution in [0.1, 0.15) is 40.4 Å². The molecule has 1 aromatic heterocycles. The smallest absolute Gasteiger partial charge is 0.342 e. The second kappa shape index (κ2) is 8.30. The van der Waals surface area contributed by atoms with Gasteiger partial charge in [-0.15, -0.1) is 0 Å². The minimum Gasteiger partial charge on any atom is -0.462 e. The van der Waals surface area contributed by atoms with Gasteiger partial charge in [0.15, 0.2) is 6.29 Å². The third-order valence-electron chi connectivity index (χ3n) is 2.14. The van der Waals surface area contributed by atoms with Crippen molar-refractivity contribution in [2.75, 3.05) is 26.1 Å². The highest BCUT2D eigenvalue weighted by atomic mass is 16.5. The number of aldehydes is 1. The number of rotatable bonds is 4. The summed E-state index contributed by atoms with van der Waals surface area (Å²) in [5.41, 5.74) is 6.73. The number of aromatic nitrogens is 1. The van der Waals surface area contributed by atoms with Gasteiger partial charge in [0, 0.05) is 19.4 Å². The molecule has 0 aliphatic carbocycles. The van der Waals surface area contributed by atoms with E-state index in [-0.39, 0.29) is 23.6 Å². The van der Waals surface area contributed by atoms with Crippen LogP contribution in [0.5, 0.6) is 0 Å². The molecule has 0 aromatic carbocycles. The Hall–Kier alpha value is -1.82. The Morgan fingerprint density at radius 3 is 2.28 bits per heavy atom. The summed E-state index contributed by atoms with van der Waals surface area (Å²) >= 11 is 0. The number of nitrogen functional groups attached to an aromatic ring is 1. The number of hydrogen-bond acceptors (Lipinski definition) is 5. The molecule has 1 heterocycles. The number of H-pyrrole nitrogens is 1. The molecule has 0 aliphatic rings. The van der Waals surface area contributed by atoms with Crippen LogP contribution in [-0.2, 0) is 9.47 Å². The molecular weight excluding hydrogens is 236 g/mol. The lowest BCUT2D eigenvalue weighted by Gasteiger charge is -2.01. The number of anilines is 1. The van der Waals surface area contributed by atoms with Crippen LogP contribution in [0.15, 0.2) is 0 Å². The molecule has 1 aromatic rings. The first-order valence-electron chi connectivity index (χ1n) is 5.62. The fraction of sp³-hybridized carbons (Fsp3) is 0.500. The van der Waals surface area contributed by atoms with Crippen molar-refractivity contribution in [3.05, 3.63) is 17.0 Å². The van der Waals surface area contributed by atoms with Crippen LogP contribution in [-0.4, -0.2) is 37.6 Å². The molecule has 18 heavy (non-hydrogen) atoms. The second-order valence-electron chi connectivity index (χ2n) is 3.37. The molecular formula is C12H20N2O4. The zero-order chi connectivity index (χ0) is 14.1. The van der Waals surface area contributed by atoms with Gasteiger partial charge in [-0.2, -0.15) is 0 Å². The van der Waals surface area contributed by atoms with Crippen LogP contribution in [0.25, 0.3) is 0 Å². The summed E-state index contributed by atoms with van der Waals surface area (Å²) in [6.07, 6.45) is 0.574. The van der Waals surface area contributed by atoms with Crippen LogP contribution in [0.2, 0.25) is 0 Å². The number of carbonyl (C=O) groups is 2. The standard InChI is InChI=1S/C9H12N2O3.C3H8O/c1-3-14-9(13)7-5(2)11-6(4-12)8(7)10;1-3-4-2/h4,11H,3,10H2,1-2H3;3H2,1-2H3. The molecule has 0 spiro atoms. The quantitative estimate of drug-likeness (QED) is 0.629. The van der Waals surface area contributed by atoms with Crippen molar-refractivity contribution in [1.29, 1.82) is 0 Å². The number of nitrogens with one attached hydrogen (secondary N) is 1. The van der Waals surface area contributed by atoms with Gasteiger partial charge in [-0.05, 0) is 20.8 Å². The van der Waals surface area contributed by atoms with E-state index in [9.17, 15) is 9.59 Å². The van der Waals surface area contributed by atoms with Gasteiger partial charge in [0.25, 0.3) is 0 Å². The predicted octanol–water partition coefficient (Wildman–Crippen LogP) is 1.55. The monoisotopic (exact) mass is 256 g/mol. The third-order valence-corrected chi connectivity index (χ3v) is 2.14. The molecule has 0 saturated carbocycles. The summed E-state index contributed by atoms with van der Waals surface area (Å²) in [6.45, 7) is 6.42. The van der Waals surface area contributed by atoms with Crippen LogP contribution in [0, 0.1) is 6.92 Å². The maximum Gasteiger partial charge on any atom is 0.342 e. The predicted molar refractivity (Wildman–Crippen MR) is 68.8 cm³/mol. The normalized spacial score (nSPS) is 9.33. The minimum absolute atomic E-state index is 0.149. The van der Waals surface area contributed by atoms with Gasteiger partial charge in [-0.1, -0.05) is 0 Å². The number of esters is 1. The van der Waals surface area contributed by atoms with Gasteiger partial charge in [0.05, 0.1) is 12.3 Å². The molecule has 0 atom stereocenters. The average Bonchev–Trinajstić information content (AvgIpc) is 2.64. The fourth-order valence-electron chi connectivity index (χ4n) is 1.23. The highest BCUT2D eigenvalue weighted by Gasteiger charge is 2.19. The Balaban J connectivity index is 0.000000631. The van der Waals surface area contributed by atoms with E-state index in [1.54, 1.807) is 21.0 Å². The first-order chi connectivity index (χ1) is 8.53. The van der Waals surface area contributed by atoms with Crippen molar-refractivity contribution >= 4 is 17.9 Å². The van der Waals surface area contributed by atoms with Gasteiger partial charge >= 0.3 is 5.97 Å². The molecule has 0 amide bonds. The van der Waals surface area contributed by atoms with Crippen molar-refractivity contribution in [2.45, 2.75) is 20.8 Å². The zero-order valence-electron chi connectivity index (χ0n) is 11.2. The lowest BCUT2D eigenvalue weighted by Crippen LogP contribution is -2.07. The Kier molecular flexibility index (Phi) is 7.46. The summed E-state index contributed by atoms with van der Waals surface area (Å²) in [4.78, 5) is 24.6. The SMILES string of the molecule is CCOC.CCOC(=O)c1c(C)[nH]c(C=O)c1N. The second-order valence-corrected chi connectivity index (χ2v) is 3.37. The topological polar surface area (TPSA) is 94.4 Å². The van der Waals surface area contributed by atoms with Gasteiger partial charge in [-0.25, -0.2) is 4.79 Å². The van der Waals surface area contributed by atoms with E-state index < -0.39 is 5.97 Å². The number of methoxy groups -OCH3 is 1. The largest absolute Gasteiger partial charge is 0.462 e. The molecule has 0 bridgehead atoms. The maximum absolute atomic E-state index is 11.4. The molecule has 0 aliphatic heterocycles. The molecule has 0 fully saturated rings. The number of ether oxygens (including phenoxy) is 2. The summed E-state index contributed by atoms with van der Waals surface area (Å²) in [7, 11) is 1.68. The molecule has 0 saturated heterocycles. The summed E-state index contributed by atoms with van der Waals surface area (Å²) in [6, 6.07) is 0. The number of hydrogen-bond donors (Lipinski definition) is 2. The van der Waals surface area contributed by atoms with E-state index in [4.69, 9.17) is 10.5 Å². The Morgan fingerprint density at radius 2 is 1.94 bits per heavy atom. The van der Waals surface area contributed by atoms with Crippen LogP contribution in [0.4, 0.5) is 5.69 Å². The fourth-order valence-corrected chi connectivity index (χ4v) is 1.23. The maximum atomic E-state index is 11.4. The minimum atomic E-state index is -0.508. The summed E-state index contributed by atoms with van der Waals surface area (Å²) in [5.74, 6) is -0.508. The van der Waals surface area contributed by atoms with Gasteiger partial charge < -0.3 is 20.2 Å². The average molecular weight is 256 g/mol. The molecule has 6 nitrogen and oxygen atoms in total. The summed E-state index contributed by atoms with van der Waals surface area (Å²) in [5, 5.41) is 0. The van der Waals surface area contributed by atoms with Crippen LogP contribution in [0.3, 0.4) is 0 Å². The van der Waals surface area contributed by atoms with Crippen LogP contribution < -0.4 is 5.73 Å². The van der Waals surface area contributed by atoms with Crippen molar-refractivity contribution in [3.8, 4) is 0 Å². The van der Waals surface area contributed by atoms with E-state index >= 15 is 0 Å². The van der Waals surface area contributed by atoms with E-state index in [2.05, 4.69) is 9.72 Å². The zero-order valence-corrected chi connectivity index (χ0v) is 11.2. The molecule has 0 unspecified atom stereocenters. The lowest BCUT2D eigenvalue weighted by molar-refractivity contribution is 0.0527. The summed E-state index contributed by atoms with van der Waals surface area (Å²) < 4.78 is 9.33. The number of aromatic amines is 1. The van der Waals surface area contributed by atoms with Crippen molar-refractivity contribution < 1.29 is 19.1 Å². The Bertz CT molecular complexity index is 397. The Labute approximate surface area is 106 Å². The number of aryl methyl sites for hydroxylation is 1. The molecule has 3 N–H and O–H groups in total. The first kappa shape index (κ1) is 16.2. The van der Waals surface area contributed by atoms with Crippen LogP contribution >= 0.6 is 0 Å². The number of carbonyl (C=O) groups excluding carboxylic acids is 2. The van der Waals surface area contributed by atoms with Crippen molar-refractivity contribution in [2.24, 2.45) is 0 Å². The van der Waals surface area contributed by atoms with E-state index in [1.165, 1.54) is 0 Å². The molecule has 6 heteroatoms. The van der Waals surface area contributed by atoms with E-state index in [0.29, 0.717) is 12.0 Å². The highest BCUT2D eigenvalue weighted by molar-refractivity contribution is 6.00. The first-order valence-corrected chi connectivity index (χ1v) is 5.62. The van der Waals surface area contributed by atoms with Crippen molar-refractivity contribution in [1.82, 2.24) is 4.98 Å². The lowest BCUT2D eigenvalue weighted by atomic mass is 10.2. The van der Waals surface area contributed by atoms with E-state index in [0.717, 1.165) is 6.61 Å².